The van der Waals surface area contributed by atoms with Gasteiger partial charge in [0.15, 0.2) is 0 Å². The molecule has 50 valence electrons. The Morgan fingerprint density at radius 3 is 2.33 bits per heavy atom. The average Bonchev–Trinajstić information content (AvgIpc) is 2.13. The van der Waals surface area contributed by atoms with Crippen LogP contribution in [0.15, 0.2) is 10.8 Å². The first-order valence-corrected chi connectivity index (χ1v) is 3.97. The molecule has 0 saturated carbocycles. The van der Waals surface area contributed by atoms with Gasteiger partial charge >= 0.3 is 0 Å². The summed E-state index contributed by atoms with van der Waals surface area (Å²) in [5, 5.41) is 4.09. The highest BCUT2D eigenvalue weighted by atomic mass is 32.1. The van der Waals surface area contributed by atoms with Crippen LogP contribution in [0, 0.1) is 0 Å². The molecule has 1 aromatic heterocycles. The topological polar surface area (TPSA) is 26.0 Å². The minimum absolute atomic E-state index is 0.566. The zero-order valence-corrected chi connectivity index (χ0v) is 6.53. The van der Waals surface area contributed by atoms with Gasteiger partial charge in [-0.3, -0.25) is 0 Å². The molecular formula is C7H11NS. The van der Waals surface area contributed by atoms with Crippen LogP contribution in [0.3, 0.4) is 0 Å². The quantitative estimate of drug-likeness (QED) is 0.638. The third-order valence-electron chi connectivity index (χ3n) is 1.35. The van der Waals surface area contributed by atoms with Crippen LogP contribution in [-0.2, 0) is 0 Å². The third kappa shape index (κ3) is 1.24. The first-order chi connectivity index (χ1) is 4.22. The van der Waals surface area contributed by atoms with Gasteiger partial charge in [-0.05, 0) is 16.9 Å². The summed E-state index contributed by atoms with van der Waals surface area (Å²) in [5.41, 5.74) is 7.87. The standard InChI is InChI=1S/C7H11NS/c1-5(2)6-3-9-4-7(6)8/h3-5H,8H2,1-2H3. The van der Waals surface area contributed by atoms with E-state index in [1.165, 1.54) is 5.56 Å². The largest absolute Gasteiger partial charge is 0.398 e. The number of hydrogen-bond acceptors (Lipinski definition) is 2. The van der Waals surface area contributed by atoms with Crippen LogP contribution in [0.2, 0.25) is 0 Å². The van der Waals surface area contributed by atoms with E-state index in [0.29, 0.717) is 5.92 Å². The van der Waals surface area contributed by atoms with Crippen LogP contribution in [-0.4, -0.2) is 0 Å². The van der Waals surface area contributed by atoms with Crippen molar-refractivity contribution in [3.63, 3.8) is 0 Å². The second-order valence-electron chi connectivity index (χ2n) is 2.44. The minimum Gasteiger partial charge on any atom is -0.398 e. The van der Waals surface area contributed by atoms with Gasteiger partial charge in [0.25, 0.3) is 0 Å². The van der Waals surface area contributed by atoms with Crippen LogP contribution in [0.4, 0.5) is 5.69 Å². The van der Waals surface area contributed by atoms with Gasteiger partial charge in [-0.25, -0.2) is 0 Å². The highest BCUT2D eigenvalue weighted by Crippen LogP contribution is 2.24. The molecule has 0 aliphatic heterocycles. The predicted molar refractivity (Wildman–Crippen MR) is 42.8 cm³/mol. The van der Waals surface area contributed by atoms with Crippen LogP contribution in [0.1, 0.15) is 25.3 Å². The fourth-order valence-electron chi connectivity index (χ4n) is 0.786. The lowest BCUT2D eigenvalue weighted by Gasteiger charge is -2.00. The Morgan fingerprint density at radius 1 is 1.44 bits per heavy atom. The summed E-state index contributed by atoms with van der Waals surface area (Å²) in [7, 11) is 0. The molecule has 2 heteroatoms. The normalized spacial score (nSPS) is 10.6. The SMILES string of the molecule is CC(C)c1cscc1N. The first kappa shape index (κ1) is 6.62. The summed E-state index contributed by atoms with van der Waals surface area (Å²) >= 11 is 1.67. The van der Waals surface area contributed by atoms with E-state index in [9.17, 15) is 0 Å². The third-order valence-corrected chi connectivity index (χ3v) is 2.13. The van der Waals surface area contributed by atoms with Gasteiger partial charge in [-0.1, -0.05) is 13.8 Å². The average molecular weight is 141 g/mol. The molecule has 1 rings (SSSR count). The molecule has 9 heavy (non-hydrogen) atoms. The zero-order chi connectivity index (χ0) is 6.85. The second kappa shape index (κ2) is 2.40. The van der Waals surface area contributed by atoms with Crippen molar-refractivity contribution in [2.45, 2.75) is 19.8 Å². The summed E-state index contributed by atoms with van der Waals surface area (Å²) < 4.78 is 0. The molecule has 0 aliphatic carbocycles. The van der Waals surface area contributed by atoms with Gasteiger partial charge in [0, 0.05) is 11.1 Å². The van der Waals surface area contributed by atoms with Crippen molar-refractivity contribution in [2.24, 2.45) is 0 Å². The van der Waals surface area contributed by atoms with E-state index >= 15 is 0 Å². The lowest BCUT2D eigenvalue weighted by Crippen LogP contribution is -1.90. The van der Waals surface area contributed by atoms with Gasteiger partial charge in [-0.15, -0.1) is 11.3 Å². The van der Waals surface area contributed by atoms with Crippen LogP contribution in [0.25, 0.3) is 0 Å². The molecule has 0 unspecified atom stereocenters. The molecular weight excluding hydrogens is 130 g/mol. The smallest absolute Gasteiger partial charge is 0.0457 e. The van der Waals surface area contributed by atoms with Crippen molar-refractivity contribution in [1.29, 1.82) is 0 Å². The fraction of sp³-hybridized carbons (Fsp3) is 0.429. The Bertz CT molecular complexity index is 191. The Kier molecular flexibility index (Phi) is 1.76. The monoisotopic (exact) mass is 141 g/mol. The number of thiophene rings is 1. The Hall–Kier alpha value is -0.500. The molecule has 0 fully saturated rings. The first-order valence-electron chi connectivity index (χ1n) is 3.03. The van der Waals surface area contributed by atoms with Gasteiger partial charge in [0.1, 0.15) is 0 Å². The molecule has 0 aromatic carbocycles. The van der Waals surface area contributed by atoms with E-state index in [2.05, 4.69) is 19.2 Å². The van der Waals surface area contributed by atoms with Crippen LogP contribution >= 0.6 is 11.3 Å². The molecule has 1 nitrogen and oxygen atoms in total. The van der Waals surface area contributed by atoms with Gasteiger partial charge in [0.05, 0.1) is 0 Å². The number of hydrogen-bond donors (Lipinski definition) is 1. The number of anilines is 1. The maximum absolute atomic E-state index is 5.65. The Labute approximate surface area is 59.5 Å². The van der Waals surface area contributed by atoms with E-state index in [4.69, 9.17) is 5.73 Å². The lowest BCUT2D eigenvalue weighted by atomic mass is 10.1. The summed E-state index contributed by atoms with van der Waals surface area (Å²) in [6, 6.07) is 0. The van der Waals surface area contributed by atoms with Crippen LogP contribution in [0.5, 0.6) is 0 Å². The lowest BCUT2D eigenvalue weighted by molar-refractivity contribution is 0.875. The van der Waals surface area contributed by atoms with E-state index < -0.39 is 0 Å². The molecule has 0 amide bonds. The van der Waals surface area contributed by atoms with E-state index in [1.807, 2.05) is 5.38 Å². The Balaban J connectivity index is 2.94. The summed E-state index contributed by atoms with van der Waals surface area (Å²) in [5.74, 6) is 0.566. The maximum atomic E-state index is 5.65. The summed E-state index contributed by atoms with van der Waals surface area (Å²) in [4.78, 5) is 0. The second-order valence-corrected chi connectivity index (χ2v) is 3.18. The van der Waals surface area contributed by atoms with Crippen molar-refractivity contribution in [2.75, 3.05) is 5.73 Å². The number of nitrogen functional groups attached to an aromatic ring is 1. The number of nitrogens with two attached hydrogens (primary N) is 1. The Morgan fingerprint density at radius 2 is 2.11 bits per heavy atom. The summed E-state index contributed by atoms with van der Waals surface area (Å²) in [6.07, 6.45) is 0. The molecule has 0 spiro atoms. The highest BCUT2D eigenvalue weighted by molar-refractivity contribution is 7.08. The van der Waals surface area contributed by atoms with E-state index in [1.54, 1.807) is 11.3 Å². The van der Waals surface area contributed by atoms with Crippen molar-refractivity contribution in [3.8, 4) is 0 Å². The van der Waals surface area contributed by atoms with Crippen molar-refractivity contribution in [3.05, 3.63) is 16.3 Å². The number of rotatable bonds is 1. The maximum Gasteiger partial charge on any atom is 0.0457 e. The van der Waals surface area contributed by atoms with Crippen LogP contribution < -0.4 is 5.73 Å². The van der Waals surface area contributed by atoms with Gasteiger partial charge in [0.2, 0.25) is 0 Å². The molecule has 1 aromatic rings. The predicted octanol–water partition coefficient (Wildman–Crippen LogP) is 2.45. The van der Waals surface area contributed by atoms with E-state index in [-0.39, 0.29) is 0 Å². The van der Waals surface area contributed by atoms with Gasteiger partial charge < -0.3 is 5.73 Å². The highest BCUT2D eigenvalue weighted by Gasteiger charge is 2.02. The van der Waals surface area contributed by atoms with Crippen molar-refractivity contribution >= 4 is 17.0 Å². The van der Waals surface area contributed by atoms with Gasteiger partial charge in [-0.2, -0.15) is 0 Å². The molecule has 0 radical (unpaired) electrons. The summed E-state index contributed by atoms with van der Waals surface area (Å²) in [6.45, 7) is 4.30. The molecule has 0 saturated heterocycles. The molecule has 1 heterocycles. The molecule has 0 atom stereocenters. The fourth-order valence-corrected chi connectivity index (χ4v) is 1.69. The molecule has 2 N–H and O–H groups in total. The van der Waals surface area contributed by atoms with Crippen molar-refractivity contribution in [1.82, 2.24) is 0 Å². The molecule has 0 aliphatic rings. The minimum atomic E-state index is 0.566. The van der Waals surface area contributed by atoms with Crippen molar-refractivity contribution < 1.29 is 0 Å². The zero-order valence-electron chi connectivity index (χ0n) is 5.72. The molecule has 0 bridgehead atoms. The van der Waals surface area contributed by atoms with E-state index in [0.717, 1.165) is 5.69 Å².